The third kappa shape index (κ3) is 4.87. The van der Waals surface area contributed by atoms with Gasteiger partial charge in [-0.15, -0.1) is 0 Å². The number of hydrazone groups is 1. The number of nitrogens with one attached hydrogen (secondary N) is 1. The molecule has 0 bridgehead atoms. The van der Waals surface area contributed by atoms with Gasteiger partial charge in [0.05, 0.1) is 31.8 Å². The Hall–Kier alpha value is -4.19. The molecule has 6 nitrogen and oxygen atoms in total. The van der Waals surface area contributed by atoms with Crippen molar-refractivity contribution in [2.75, 3.05) is 19.6 Å². The first-order valence-corrected chi connectivity index (χ1v) is 9.78. The van der Waals surface area contributed by atoms with Crippen LogP contribution in [-0.2, 0) is 0 Å². The summed E-state index contributed by atoms with van der Waals surface area (Å²) in [6, 6.07) is 27.6. The number of aromatic nitrogens is 2. The lowest BCUT2D eigenvalue weighted by Gasteiger charge is -2.09. The van der Waals surface area contributed by atoms with E-state index in [-0.39, 0.29) is 0 Å². The lowest BCUT2D eigenvalue weighted by molar-refractivity contribution is 0.355. The van der Waals surface area contributed by atoms with E-state index in [1.165, 1.54) is 0 Å². The van der Waals surface area contributed by atoms with Crippen LogP contribution in [0.1, 0.15) is 5.56 Å². The number of nitrogens with zero attached hydrogens (tertiary/aromatic N) is 3. The Balaban J connectivity index is 1.64. The summed E-state index contributed by atoms with van der Waals surface area (Å²) in [6.45, 7) is 0. The van der Waals surface area contributed by atoms with Crippen LogP contribution in [0.15, 0.2) is 90.0 Å². The van der Waals surface area contributed by atoms with E-state index in [4.69, 9.17) is 9.47 Å². The van der Waals surface area contributed by atoms with Gasteiger partial charge in [-0.1, -0.05) is 60.7 Å². The molecule has 3 aromatic carbocycles. The van der Waals surface area contributed by atoms with Gasteiger partial charge in [0.25, 0.3) is 0 Å². The minimum Gasteiger partial charge on any atom is -0.493 e. The van der Waals surface area contributed by atoms with E-state index >= 15 is 0 Å². The SMILES string of the molecule is COc1ccc(/C=N\Nc2nc(-c3ccccc3)cc(-c3ccccc3)n2)cc1OC. The molecule has 1 aromatic heterocycles. The zero-order chi connectivity index (χ0) is 21.5. The number of hydrogen-bond donors (Lipinski definition) is 1. The van der Waals surface area contributed by atoms with Crippen molar-refractivity contribution in [1.29, 1.82) is 0 Å². The maximum Gasteiger partial charge on any atom is 0.244 e. The van der Waals surface area contributed by atoms with Gasteiger partial charge in [0.2, 0.25) is 5.95 Å². The van der Waals surface area contributed by atoms with Crippen LogP contribution in [0.3, 0.4) is 0 Å². The molecule has 0 saturated carbocycles. The summed E-state index contributed by atoms with van der Waals surface area (Å²) in [5, 5.41) is 4.32. The molecular weight excluding hydrogens is 388 g/mol. The molecule has 4 aromatic rings. The Bertz CT molecular complexity index is 1120. The van der Waals surface area contributed by atoms with E-state index in [1.54, 1.807) is 20.4 Å². The molecule has 0 atom stereocenters. The fraction of sp³-hybridized carbons (Fsp3) is 0.0800. The number of ether oxygens (including phenoxy) is 2. The molecule has 0 amide bonds. The highest BCUT2D eigenvalue weighted by atomic mass is 16.5. The van der Waals surface area contributed by atoms with E-state index in [0.717, 1.165) is 28.1 Å². The predicted octanol–water partition coefficient (Wildman–Crippen LogP) is 5.27. The number of rotatable bonds is 7. The number of methoxy groups -OCH3 is 2. The van der Waals surface area contributed by atoms with Gasteiger partial charge < -0.3 is 9.47 Å². The van der Waals surface area contributed by atoms with Gasteiger partial charge >= 0.3 is 0 Å². The topological polar surface area (TPSA) is 68.6 Å². The van der Waals surface area contributed by atoms with Crippen molar-refractivity contribution in [3.05, 3.63) is 90.5 Å². The van der Waals surface area contributed by atoms with Crippen LogP contribution in [0.2, 0.25) is 0 Å². The smallest absolute Gasteiger partial charge is 0.244 e. The average Bonchev–Trinajstić information content (AvgIpc) is 2.85. The quantitative estimate of drug-likeness (QED) is 0.332. The van der Waals surface area contributed by atoms with Crippen molar-refractivity contribution < 1.29 is 9.47 Å². The van der Waals surface area contributed by atoms with Crippen LogP contribution >= 0.6 is 0 Å². The average molecular weight is 410 g/mol. The Morgan fingerprint density at radius 1 is 0.710 bits per heavy atom. The summed E-state index contributed by atoms with van der Waals surface area (Å²) in [6.07, 6.45) is 1.68. The van der Waals surface area contributed by atoms with Crippen LogP contribution in [0.25, 0.3) is 22.5 Å². The first-order chi connectivity index (χ1) is 15.3. The molecule has 4 rings (SSSR count). The second-order valence-electron chi connectivity index (χ2n) is 6.68. The molecule has 1 N–H and O–H groups in total. The predicted molar refractivity (Wildman–Crippen MR) is 124 cm³/mol. The summed E-state index contributed by atoms with van der Waals surface area (Å²) >= 11 is 0. The van der Waals surface area contributed by atoms with Crippen molar-refractivity contribution in [2.45, 2.75) is 0 Å². The summed E-state index contributed by atoms with van der Waals surface area (Å²) in [7, 11) is 3.21. The van der Waals surface area contributed by atoms with Gasteiger partial charge in [-0.05, 0) is 29.8 Å². The molecule has 0 spiro atoms. The van der Waals surface area contributed by atoms with Crippen molar-refractivity contribution in [3.8, 4) is 34.0 Å². The molecule has 0 radical (unpaired) electrons. The van der Waals surface area contributed by atoms with Gasteiger partial charge in [-0.3, -0.25) is 0 Å². The third-order valence-corrected chi connectivity index (χ3v) is 4.65. The first kappa shape index (κ1) is 20.1. The Labute approximate surface area is 181 Å². The molecule has 0 aliphatic heterocycles. The molecule has 0 unspecified atom stereocenters. The molecule has 1 heterocycles. The van der Waals surface area contributed by atoms with Crippen LogP contribution in [-0.4, -0.2) is 30.4 Å². The second kappa shape index (κ2) is 9.54. The zero-order valence-corrected chi connectivity index (χ0v) is 17.3. The number of hydrogen-bond acceptors (Lipinski definition) is 6. The fourth-order valence-corrected chi connectivity index (χ4v) is 3.11. The molecule has 31 heavy (non-hydrogen) atoms. The maximum absolute atomic E-state index is 5.34. The van der Waals surface area contributed by atoms with E-state index in [1.807, 2.05) is 84.9 Å². The zero-order valence-electron chi connectivity index (χ0n) is 17.3. The highest BCUT2D eigenvalue weighted by molar-refractivity contribution is 5.81. The van der Waals surface area contributed by atoms with Crippen molar-refractivity contribution in [2.24, 2.45) is 5.10 Å². The Kier molecular flexibility index (Phi) is 6.18. The monoisotopic (exact) mass is 410 g/mol. The summed E-state index contributed by atoms with van der Waals surface area (Å²) < 4.78 is 10.6. The molecule has 0 fully saturated rings. The molecule has 0 saturated heterocycles. The van der Waals surface area contributed by atoms with Crippen molar-refractivity contribution in [1.82, 2.24) is 9.97 Å². The standard InChI is InChI=1S/C25H22N4O2/c1-30-23-14-13-18(15-24(23)31-2)17-26-29-25-27-21(19-9-5-3-6-10-19)16-22(28-25)20-11-7-4-8-12-20/h3-17H,1-2H3,(H,27,28,29)/b26-17-. The lowest BCUT2D eigenvalue weighted by atomic mass is 10.1. The van der Waals surface area contributed by atoms with E-state index in [0.29, 0.717) is 17.4 Å². The molecule has 154 valence electrons. The van der Waals surface area contributed by atoms with E-state index in [2.05, 4.69) is 20.5 Å². The van der Waals surface area contributed by atoms with Crippen LogP contribution < -0.4 is 14.9 Å². The highest BCUT2D eigenvalue weighted by Crippen LogP contribution is 2.27. The normalized spacial score (nSPS) is 10.8. The summed E-state index contributed by atoms with van der Waals surface area (Å²) in [5.74, 6) is 1.72. The van der Waals surface area contributed by atoms with Crippen molar-refractivity contribution in [3.63, 3.8) is 0 Å². The van der Waals surface area contributed by atoms with Crippen molar-refractivity contribution >= 4 is 12.2 Å². The molecule has 0 aliphatic carbocycles. The lowest BCUT2D eigenvalue weighted by Crippen LogP contribution is -2.00. The van der Waals surface area contributed by atoms with Crippen LogP contribution in [0, 0.1) is 0 Å². The minimum absolute atomic E-state index is 0.414. The fourth-order valence-electron chi connectivity index (χ4n) is 3.11. The van der Waals surface area contributed by atoms with E-state index in [9.17, 15) is 0 Å². The molecule has 6 heteroatoms. The van der Waals surface area contributed by atoms with Gasteiger partial charge in [0, 0.05) is 11.1 Å². The van der Waals surface area contributed by atoms with Gasteiger partial charge in [-0.2, -0.15) is 5.10 Å². The van der Waals surface area contributed by atoms with Gasteiger partial charge in [-0.25, -0.2) is 15.4 Å². The largest absolute Gasteiger partial charge is 0.493 e. The first-order valence-electron chi connectivity index (χ1n) is 9.78. The van der Waals surface area contributed by atoms with Crippen LogP contribution in [0.4, 0.5) is 5.95 Å². The third-order valence-electron chi connectivity index (χ3n) is 4.65. The van der Waals surface area contributed by atoms with Gasteiger partial charge in [0.1, 0.15) is 0 Å². The summed E-state index contributed by atoms with van der Waals surface area (Å²) in [5.41, 5.74) is 7.46. The second-order valence-corrected chi connectivity index (χ2v) is 6.68. The Morgan fingerprint density at radius 2 is 1.29 bits per heavy atom. The molecule has 0 aliphatic rings. The number of anilines is 1. The van der Waals surface area contributed by atoms with Crippen LogP contribution in [0.5, 0.6) is 11.5 Å². The summed E-state index contributed by atoms with van der Waals surface area (Å²) in [4.78, 5) is 9.28. The maximum atomic E-state index is 5.34. The van der Waals surface area contributed by atoms with E-state index < -0.39 is 0 Å². The minimum atomic E-state index is 0.414. The van der Waals surface area contributed by atoms with Gasteiger partial charge in [0.15, 0.2) is 11.5 Å². The number of benzene rings is 3. The Morgan fingerprint density at radius 3 is 1.84 bits per heavy atom. The highest BCUT2D eigenvalue weighted by Gasteiger charge is 2.08. The molecular formula is C25H22N4O2.